The first-order chi connectivity index (χ1) is 9.71. The lowest BCUT2D eigenvalue weighted by Crippen LogP contribution is -2.36. The highest BCUT2D eigenvalue weighted by Gasteiger charge is 2.26. The van der Waals surface area contributed by atoms with Gasteiger partial charge in [-0.3, -0.25) is 0 Å². The van der Waals surface area contributed by atoms with E-state index in [1.165, 1.54) is 17.7 Å². The molecule has 1 heterocycles. The molecule has 1 aromatic carbocycles. The van der Waals surface area contributed by atoms with Gasteiger partial charge >= 0.3 is 0 Å². The Morgan fingerprint density at radius 2 is 1.95 bits per heavy atom. The van der Waals surface area contributed by atoms with Crippen molar-refractivity contribution >= 4 is 5.82 Å². The van der Waals surface area contributed by atoms with Crippen molar-refractivity contribution in [1.29, 1.82) is 0 Å². The van der Waals surface area contributed by atoms with Crippen molar-refractivity contribution < 1.29 is 5.11 Å². The Hall–Kier alpha value is -1.87. The number of rotatable bonds is 4. The van der Waals surface area contributed by atoms with Crippen LogP contribution in [0.3, 0.4) is 0 Å². The third kappa shape index (κ3) is 2.41. The predicted molar refractivity (Wildman–Crippen MR) is 80.8 cm³/mol. The van der Waals surface area contributed by atoms with Gasteiger partial charge in [0.2, 0.25) is 0 Å². The first-order valence-corrected chi connectivity index (χ1v) is 7.15. The first kappa shape index (κ1) is 13.1. The molecule has 104 valence electrons. The molecule has 1 aliphatic carbocycles. The molecule has 1 aromatic heterocycles. The standard InChI is InChI=1S/C17H20N2O/c1-17(12-20,14-7-3-2-4-8-14)19-16-11-10-13-6-5-9-15(13)18-16/h2-4,7-8,10-11,20H,5-6,9,12H2,1H3,(H,18,19). The molecule has 0 fully saturated rings. The molecule has 2 N–H and O–H groups in total. The van der Waals surface area contributed by atoms with Crippen LogP contribution >= 0.6 is 0 Å². The van der Waals surface area contributed by atoms with Gasteiger partial charge in [0.25, 0.3) is 0 Å². The minimum atomic E-state index is -0.513. The summed E-state index contributed by atoms with van der Waals surface area (Å²) in [7, 11) is 0. The molecule has 1 atom stereocenters. The van der Waals surface area contributed by atoms with Gasteiger partial charge in [0.05, 0.1) is 12.1 Å². The number of benzene rings is 1. The van der Waals surface area contributed by atoms with Gasteiger partial charge in [-0.1, -0.05) is 36.4 Å². The lowest BCUT2D eigenvalue weighted by Gasteiger charge is -2.30. The maximum absolute atomic E-state index is 9.80. The van der Waals surface area contributed by atoms with Crippen molar-refractivity contribution in [3.05, 3.63) is 59.3 Å². The summed E-state index contributed by atoms with van der Waals surface area (Å²) in [6, 6.07) is 14.2. The van der Waals surface area contributed by atoms with Gasteiger partial charge in [-0.2, -0.15) is 0 Å². The molecule has 0 spiro atoms. The largest absolute Gasteiger partial charge is 0.394 e. The van der Waals surface area contributed by atoms with E-state index in [1.807, 2.05) is 43.3 Å². The number of aromatic nitrogens is 1. The summed E-state index contributed by atoms with van der Waals surface area (Å²) in [5.74, 6) is 0.839. The zero-order chi connectivity index (χ0) is 14.0. The molecular weight excluding hydrogens is 248 g/mol. The van der Waals surface area contributed by atoms with Crippen molar-refractivity contribution in [2.75, 3.05) is 11.9 Å². The van der Waals surface area contributed by atoms with Crippen LogP contribution in [0.4, 0.5) is 5.82 Å². The van der Waals surface area contributed by atoms with Gasteiger partial charge < -0.3 is 10.4 Å². The predicted octanol–water partition coefficient (Wildman–Crippen LogP) is 2.89. The Kier molecular flexibility index (Phi) is 3.45. The van der Waals surface area contributed by atoms with Crippen LogP contribution in [0.25, 0.3) is 0 Å². The smallest absolute Gasteiger partial charge is 0.126 e. The van der Waals surface area contributed by atoms with Crippen molar-refractivity contribution in [1.82, 2.24) is 4.98 Å². The highest BCUT2D eigenvalue weighted by Crippen LogP contribution is 2.27. The van der Waals surface area contributed by atoms with E-state index >= 15 is 0 Å². The number of nitrogens with one attached hydrogen (secondary N) is 1. The van der Waals surface area contributed by atoms with Crippen molar-refractivity contribution in [2.24, 2.45) is 0 Å². The molecule has 0 bridgehead atoms. The average molecular weight is 268 g/mol. The second-order valence-corrected chi connectivity index (χ2v) is 5.64. The molecular formula is C17H20N2O. The number of hydrogen-bond acceptors (Lipinski definition) is 3. The molecule has 0 amide bonds. The second-order valence-electron chi connectivity index (χ2n) is 5.64. The zero-order valence-corrected chi connectivity index (χ0v) is 11.8. The minimum Gasteiger partial charge on any atom is -0.394 e. The van der Waals surface area contributed by atoms with Crippen molar-refractivity contribution in [2.45, 2.75) is 31.7 Å². The monoisotopic (exact) mass is 268 g/mol. The lowest BCUT2D eigenvalue weighted by molar-refractivity contribution is 0.223. The van der Waals surface area contributed by atoms with Crippen LogP contribution in [0.5, 0.6) is 0 Å². The highest BCUT2D eigenvalue weighted by atomic mass is 16.3. The summed E-state index contributed by atoms with van der Waals surface area (Å²) >= 11 is 0. The first-order valence-electron chi connectivity index (χ1n) is 7.15. The Balaban J connectivity index is 1.88. The number of aliphatic hydroxyl groups is 1. The molecule has 1 unspecified atom stereocenters. The van der Waals surface area contributed by atoms with Crippen LogP contribution in [0.2, 0.25) is 0 Å². The van der Waals surface area contributed by atoms with Gasteiger partial charge in [-0.15, -0.1) is 0 Å². The normalized spacial score (nSPS) is 16.5. The molecule has 3 rings (SSSR count). The number of hydrogen-bond donors (Lipinski definition) is 2. The Labute approximate surface area is 119 Å². The fourth-order valence-corrected chi connectivity index (χ4v) is 2.78. The molecule has 3 heteroatoms. The lowest BCUT2D eigenvalue weighted by atomic mass is 9.93. The van der Waals surface area contributed by atoms with Crippen molar-refractivity contribution in [3.63, 3.8) is 0 Å². The number of fused-ring (bicyclic) bond motifs is 1. The summed E-state index contributed by atoms with van der Waals surface area (Å²) in [6.45, 7) is 2.02. The molecule has 0 aliphatic heterocycles. The number of aryl methyl sites for hydroxylation is 2. The average Bonchev–Trinajstić information content (AvgIpc) is 2.95. The number of aliphatic hydroxyl groups excluding tert-OH is 1. The van der Waals surface area contributed by atoms with Crippen LogP contribution < -0.4 is 5.32 Å². The van der Waals surface area contributed by atoms with Gasteiger partial charge in [0.1, 0.15) is 5.82 Å². The second kappa shape index (κ2) is 5.25. The maximum Gasteiger partial charge on any atom is 0.126 e. The van der Waals surface area contributed by atoms with Crippen LogP contribution in [0.1, 0.15) is 30.2 Å². The zero-order valence-electron chi connectivity index (χ0n) is 11.8. The van der Waals surface area contributed by atoms with E-state index in [-0.39, 0.29) is 6.61 Å². The Morgan fingerprint density at radius 3 is 2.70 bits per heavy atom. The summed E-state index contributed by atoms with van der Waals surface area (Å²) in [5.41, 5.74) is 3.11. The molecule has 1 aliphatic rings. The molecule has 2 aromatic rings. The minimum absolute atomic E-state index is 0.0236. The highest BCUT2D eigenvalue weighted by molar-refractivity contribution is 5.45. The summed E-state index contributed by atoms with van der Waals surface area (Å²) in [4.78, 5) is 4.69. The van der Waals surface area contributed by atoms with Gasteiger partial charge in [0.15, 0.2) is 0 Å². The van der Waals surface area contributed by atoms with Crippen LogP contribution in [0.15, 0.2) is 42.5 Å². The van der Waals surface area contributed by atoms with E-state index in [2.05, 4.69) is 16.4 Å². The van der Waals surface area contributed by atoms with E-state index in [0.717, 1.165) is 24.2 Å². The van der Waals surface area contributed by atoms with E-state index in [0.29, 0.717) is 0 Å². The number of nitrogens with zero attached hydrogens (tertiary/aromatic N) is 1. The Bertz CT molecular complexity index is 597. The topological polar surface area (TPSA) is 45.1 Å². The quantitative estimate of drug-likeness (QED) is 0.896. The van der Waals surface area contributed by atoms with Gasteiger partial charge in [-0.25, -0.2) is 4.98 Å². The number of pyridine rings is 1. The SMILES string of the molecule is CC(CO)(Nc1ccc2c(n1)CCC2)c1ccccc1. The van der Waals surface area contributed by atoms with Gasteiger partial charge in [-0.05, 0) is 43.4 Å². The van der Waals surface area contributed by atoms with E-state index in [9.17, 15) is 5.11 Å². The molecule has 3 nitrogen and oxygen atoms in total. The van der Waals surface area contributed by atoms with Crippen LogP contribution in [-0.2, 0) is 18.4 Å². The third-order valence-electron chi connectivity index (χ3n) is 4.06. The van der Waals surface area contributed by atoms with Crippen LogP contribution in [-0.4, -0.2) is 16.7 Å². The van der Waals surface area contributed by atoms with Crippen molar-refractivity contribution in [3.8, 4) is 0 Å². The summed E-state index contributed by atoms with van der Waals surface area (Å²) in [6.07, 6.45) is 3.40. The summed E-state index contributed by atoms with van der Waals surface area (Å²) in [5, 5.41) is 13.2. The molecule has 0 radical (unpaired) electrons. The fraction of sp³-hybridized carbons (Fsp3) is 0.353. The van der Waals surface area contributed by atoms with Crippen LogP contribution in [0, 0.1) is 0 Å². The molecule has 20 heavy (non-hydrogen) atoms. The van der Waals surface area contributed by atoms with Gasteiger partial charge in [0, 0.05) is 5.69 Å². The third-order valence-corrected chi connectivity index (χ3v) is 4.06. The van der Waals surface area contributed by atoms with E-state index in [4.69, 9.17) is 0 Å². The van der Waals surface area contributed by atoms with E-state index < -0.39 is 5.54 Å². The molecule has 0 saturated heterocycles. The Morgan fingerprint density at radius 1 is 1.15 bits per heavy atom. The molecule has 0 saturated carbocycles. The fourth-order valence-electron chi connectivity index (χ4n) is 2.78. The maximum atomic E-state index is 9.80. The number of anilines is 1. The summed E-state index contributed by atoms with van der Waals surface area (Å²) < 4.78 is 0. The van der Waals surface area contributed by atoms with E-state index in [1.54, 1.807) is 0 Å².